The van der Waals surface area contributed by atoms with Crippen molar-refractivity contribution in [3.8, 4) is 11.1 Å². The smallest absolute Gasteiger partial charge is 0.264 e. The molecule has 0 bridgehead atoms. The van der Waals surface area contributed by atoms with Gasteiger partial charge in [0.05, 0.1) is 4.90 Å². The monoisotopic (exact) mass is 746 g/mol. The number of sulfonamides is 1. The highest BCUT2D eigenvalue weighted by Gasteiger charge is 2.33. The van der Waals surface area contributed by atoms with E-state index in [0.29, 0.717) is 16.1 Å². The summed E-state index contributed by atoms with van der Waals surface area (Å²) < 4.78 is 28.8. The number of rotatable bonds is 12. The molecular weight excluding hydrogens is 708 g/mol. The number of para-hydroxylation sites is 1. The van der Waals surface area contributed by atoms with Crippen LogP contribution in [0.15, 0.2) is 132 Å². The highest BCUT2D eigenvalue weighted by Crippen LogP contribution is 2.23. The van der Waals surface area contributed by atoms with Gasteiger partial charge in [0.1, 0.15) is 12.1 Å². The third kappa shape index (κ3) is 8.85. The van der Waals surface area contributed by atoms with Crippen LogP contribution in [-0.2, 0) is 32.5 Å². The number of aromatic amines is 1. The molecule has 0 aliphatic rings. The molecule has 0 aliphatic carbocycles. The van der Waals surface area contributed by atoms with Crippen molar-refractivity contribution in [3.63, 3.8) is 0 Å². The van der Waals surface area contributed by atoms with Gasteiger partial charge in [-0.3, -0.25) is 14.4 Å². The highest BCUT2D eigenvalue weighted by atomic mass is 35.5. The lowest BCUT2D eigenvalue weighted by Gasteiger charge is -2.29. The standard InChI is InChI=1S/C42H39ClN4O5S/c1-27-21-28(2)23-32(22-27)42(50)47(3)39(24-29-13-15-31(16-14-29)30-9-5-4-6-10-30)41(49)45-38(25-33-26-44-37-12-8-7-11-36(33)37)40(48)46-53(51,52)35-19-17-34(43)18-20-35/h4-23,26,38-39,44H,24-25H2,1-3H3,(H,45,49)(H,46,48)/t38-,39+/m0/s1. The average molecular weight is 747 g/mol. The van der Waals surface area contributed by atoms with Crippen molar-refractivity contribution in [2.24, 2.45) is 0 Å². The Morgan fingerprint density at radius 3 is 2.06 bits per heavy atom. The number of benzene rings is 5. The Morgan fingerprint density at radius 1 is 0.755 bits per heavy atom. The van der Waals surface area contributed by atoms with Gasteiger partial charge in [-0.05, 0) is 78.6 Å². The highest BCUT2D eigenvalue weighted by molar-refractivity contribution is 7.90. The Bertz CT molecular complexity index is 2360. The molecule has 0 aliphatic heterocycles. The van der Waals surface area contributed by atoms with Crippen LogP contribution in [0.4, 0.5) is 0 Å². The Kier molecular flexibility index (Phi) is 11.1. The molecule has 2 atom stereocenters. The molecular formula is C42H39ClN4O5S. The Balaban J connectivity index is 1.33. The number of carbonyl (C=O) groups excluding carboxylic acids is 3. The second-order valence-electron chi connectivity index (χ2n) is 13.1. The minimum atomic E-state index is -4.33. The fourth-order valence-electron chi connectivity index (χ4n) is 6.41. The first-order valence-corrected chi connectivity index (χ1v) is 18.9. The number of nitrogens with zero attached hydrogens (tertiary/aromatic N) is 1. The van der Waals surface area contributed by atoms with Crippen LogP contribution >= 0.6 is 11.6 Å². The summed E-state index contributed by atoms with van der Waals surface area (Å²) in [4.78, 5) is 46.8. The van der Waals surface area contributed by atoms with Crippen LogP contribution in [0.1, 0.15) is 32.6 Å². The van der Waals surface area contributed by atoms with E-state index >= 15 is 0 Å². The van der Waals surface area contributed by atoms with Gasteiger partial charge in [0.2, 0.25) is 5.91 Å². The summed E-state index contributed by atoms with van der Waals surface area (Å²) in [6, 6.07) is 33.6. The van der Waals surface area contributed by atoms with Crippen molar-refractivity contribution in [2.45, 2.75) is 43.7 Å². The van der Waals surface area contributed by atoms with Crippen LogP contribution in [0.3, 0.4) is 0 Å². The number of hydrogen-bond acceptors (Lipinski definition) is 5. The minimum Gasteiger partial charge on any atom is -0.361 e. The molecule has 270 valence electrons. The van der Waals surface area contributed by atoms with E-state index in [0.717, 1.165) is 38.7 Å². The molecule has 0 radical (unpaired) electrons. The summed E-state index contributed by atoms with van der Waals surface area (Å²) in [6.45, 7) is 3.79. The first-order valence-electron chi connectivity index (χ1n) is 17.1. The quantitative estimate of drug-likeness (QED) is 0.124. The number of hydrogen-bond donors (Lipinski definition) is 3. The second-order valence-corrected chi connectivity index (χ2v) is 15.2. The lowest BCUT2D eigenvalue weighted by Crippen LogP contribution is -2.56. The number of fused-ring (bicyclic) bond motifs is 1. The summed E-state index contributed by atoms with van der Waals surface area (Å²) in [5.41, 5.74) is 6.54. The predicted octanol–water partition coefficient (Wildman–Crippen LogP) is 7.02. The van der Waals surface area contributed by atoms with Crippen molar-refractivity contribution in [1.82, 2.24) is 19.9 Å². The molecule has 1 aromatic heterocycles. The molecule has 11 heteroatoms. The van der Waals surface area contributed by atoms with E-state index in [1.165, 1.54) is 29.2 Å². The van der Waals surface area contributed by atoms with Gasteiger partial charge >= 0.3 is 0 Å². The number of carbonyl (C=O) groups is 3. The van der Waals surface area contributed by atoms with Crippen LogP contribution < -0.4 is 10.0 Å². The van der Waals surface area contributed by atoms with Crippen LogP contribution in [-0.4, -0.2) is 55.2 Å². The van der Waals surface area contributed by atoms with Crippen molar-refractivity contribution >= 4 is 50.2 Å². The van der Waals surface area contributed by atoms with Crippen LogP contribution in [0.5, 0.6) is 0 Å². The SMILES string of the molecule is Cc1cc(C)cc(C(=O)N(C)[C@H](Cc2ccc(-c3ccccc3)cc2)C(=O)N[C@@H](Cc2c[nH]c3ccccc23)C(=O)NS(=O)(=O)c2ccc(Cl)cc2)c1. The second kappa shape index (κ2) is 15.9. The largest absolute Gasteiger partial charge is 0.361 e. The normalized spacial score (nSPS) is 12.5. The predicted molar refractivity (Wildman–Crippen MR) is 208 cm³/mol. The number of aryl methyl sites for hydroxylation is 2. The summed E-state index contributed by atoms with van der Waals surface area (Å²) >= 11 is 5.97. The molecule has 3 N–H and O–H groups in total. The Hall–Kier alpha value is -5.71. The van der Waals surface area contributed by atoms with Crippen LogP contribution in [0, 0.1) is 13.8 Å². The number of likely N-dealkylation sites (N-methyl/N-ethyl adjacent to an activating group) is 1. The van der Waals surface area contributed by atoms with Crippen molar-refractivity contribution in [3.05, 3.63) is 160 Å². The van der Waals surface area contributed by atoms with Gasteiger partial charge in [-0.25, -0.2) is 13.1 Å². The molecule has 6 rings (SSSR count). The third-order valence-electron chi connectivity index (χ3n) is 9.14. The molecule has 53 heavy (non-hydrogen) atoms. The average Bonchev–Trinajstić information content (AvgIpc) is 3.55. The van der Waals surface area contributed by atoms with E-state index in [-0.39, 0.29) is 23.6 Å². The summed E-state index contributed by atoms with van der Waals surface area (Å²) in [6.07, 6.45) is 1.82. The number of aromatic nitrogens is 1. The number of H-pyrrole nitrogens is 1. The van der Waals surface area contributed by atoms with Crippen molar-refractivity contribution in [2.75, 3.05) is 7.05 Å². The zero-order valence-corrected chi connectivity index (χ0v) is 31.0. The number of nitrogens with one attached hydrogen (secondary N) is 3. The summed E-state index contributed by atoms with van der Waals surface area (Å²) in [5.74, 6) is -1.94. The van der Waals surface area contributed by atoms with Crippen molar-refractivity contribution < 1.29 is 22.8 Å². The molecule has 5 aromatic carbocycles. The minimum absolute atomic E-state index is 0.0368. The molecule has 0 unspecified atom stereocenters. The lowest BCUT2D eigenvalue weighted by atomic mass is 9.98. The Morgan fingerprint density at radius 2 is 1.38 bits per heavy atom. The molecule has 0 saturated heterocycles. The maximum absolute atomic E-state index is 14.5. The van der Waals surface area contributed by atoms with E-state index < -0.39 is 33.9 Å². The van der Waals surface area contributed by atoms with E-state index in [1.807, 2.05) is 98.8 Å². The summed E-state index contributed by atoms with van der Waals surface area (Å²) in [5, 5.41) is 3.98. The molecule has 3 amide bonds. The maximum atomic E-state index is 14.5. The van der Waals surface area contributed by atoms with Gasteiger partial charge in [-0.1, -0.05) is 102 Å². The number of amides is 3. The lowest BCUT2D eigenvalue weighted by molar-refractivity contribution is -0.130. The van der Waals surface area contributed by atoms with Gasteiger partial charge in [0, 0.05) is 47.6 Å². The third-order valence-corrected chi connectivity index (χ3v) is 10.8. The van der Waals surface area contributed by atoms with Crippen molar-refractivity contribution in [1.29, 1.82) is 0 Å². The first-order chi connectivity index (χ1) is 25.4. The number of halogens is 1. The molecule has 0 spiro atoms. The molecule has 9 nitrogen and oxygen atoms in total. The van der Waals surface area contributed by atoms with E-state index in [4.69, 9.17) is 11.6 Å². The summed E-state index contributed by atoms with van der Waals surface area (Å²) in [7, 11) is -2.77. The topological polar surface area (TPSA) is 128 Å². The van der Waals surface area contributed by atoms with Gasteiger partial charge in [0.15, 0.2) is 0 Å². The van der Waals surface area contributed by atoms with Gasteiger partial charge < -0.3 is 15.2 Å². The molecule has 0 fully saturated rings. The van der Waals surface area contributed by atoms with E-state index in [2.05, 4.69) is 15.0 Å². The van der Waals surface area contributed by atoms with E-state index in [9.17, 15) is 22.8 Å². The maximum Gasteiger partial charge on any atom is 0.264 e. The first kappa shape index (κ1) is 37.1. The van der Waals surface area contributed by atoms with Gasteiger partial charge in [-0.15, -0.1) is 0 Å². The zero-order valence-electron chi connectivity index (χ0n) is 29.5. The molecule has 0 saturated carbocycles. The van der Waals surface area contributed by atoms with Crippen LogP contribution in [0.2, 0.25) is 5.02 Å². The molecule has 6 aromatic rings. The van der Waals surface area contributed by atoms with Crippen LogP contribution in [0.25, 0.3) is 22.0 Å². The fraction of sp³-hybridized carbons (Fsp3) is 0.167. The van der Waals surface area contributed by atoms with Gasteiger partial charge in [-0.2, -0.15) is 0 Å². The fourth-order valence-corrected chi connectivity index (χ4v) is 7.56. The molecule has 1 heterocycles. The Labute approximate surface area is 314 Å². The zero-order chi connectivity index (χ0) is 37.7. The van der Waals surface area contributed by atoms with Gasteiger partial charge in [0.25, 0.3) is 21.8 Å². The van der Waals surface area contributed by atoms with E-state index in [1.54, 1.807) is 25.4 Å².